The molecule has 0 aromatic heterocycles. The quantitative estimate of drug-likeness (QED) is 0.548. The molecule has 0 spiro atoms. The molecule has 0 aliphatic rings. The van der Waals surface area contributed by atoms with Gasteiger partial charge in [0.25, 0.3) is 0 Å². The van der Waals surface area contributed by atoms with Gasteiger partial charge in [0.2, 0.25) is 0 Å². The number of carbonyl (C=O) groups is 1. The van der Waals surface area contributed by atoms with E-state index in [0.717, 1.165) is 0 Å². The Bertz CT molecular complexity index is 369. The largest absolute Gasteiger partial charge is 0.492 e. The Balaban J connectivity index is 3.21. The van der Waals surface area contributed by atoms with Crippen LogP contribution in [0.1, 0.15) is 17.3 Å². The summed E-state index contributed by atoms with van der Waals surface area (Å²) in [4.78, 5) is 11.5. The molecule has 1 aromatic rings. The molecule has 80 valence electrons. The molecule has 1 aromatic carbocycles. The van der Waals surface area contributed by atoms with Gasteiger partial charge in [-0.25, -0.2) is 0 Å². The predicted molar refractivity (Wildman–Crippen MR) is 58.7 cm³/mol. The maximum atomic E-state index is 11.5. The lowest BCUT2D eigenvalue weighted by Gasteiger charge is -2.11. The van der Waals surface area contributed by atoms with E-state index in [-0.39, 0.29) is 5.78 Å². The molecule has 0 unspecified atom stereocenters. The fourth-order valence-corrected chi connectivity index (χ4v) is 1.30. The van der Waals surface area contributed by atoms with Crippen molar-refractivity contribution in [2.24, 2.45) is 0 Å². The summed E-state index contributed by atoms with van der Waals surface area (Å²) in [6.45, 7) is 5.85. The molecule has 0 atom stereocenters. The van der Waals surface area contributed by atoms with Crippen LogP contribution >= 0.6 is 0 Å². The molecule has 0 saturated carbocycles. The number of ether oxygens (including phenoxy) is 2. The highest BCUT2D eigenvalue weighted by Crippen LogP contribution is 2.31. The van der Waals surface area contributed by atoms with Crippen LogP contribution in [0, 0.1) is 0 Å². The Kier molecular flexibility index (Phi) is 3.92. The minimum absolute atomic E-state index is 0.173. The van der Waals surface area contributed by atoms with Crippen LogP contribution in [0.25, 0.3) is 0 Å². The van der Waals surface area contributed by atoms with Gasteiger partial charge in [0.15, 0.2) is 17.3 Å². The van der Waals surface area contributed by atoms with E-state index in [2.05, 4.69) is 6.58 Å². The summed E-state index contributed by atoms with van der Waals surface area (Å²) in [5.41, 5.74) is 0.471. The van der Waals surface area contributed by atoms with Crippen molar-refractivity contribution in [2.45, 2.75) is 6.92 Å². The number of benzene rings is 1. The molecular weight excluding hydrogens is 192 g/mol. The maximum absolute atomic E-state index is 11.5. The first-order valence-electron chi connectivity index (χ1n) is 4.71. The van der Waals surface area contributed by atoms with Crippen molar-refractivity contribution < 1.29 is 14.3 Å². The fourth-order valence-electron chi connectivity index (χ4n) is 1.30. The van der Waals surface area contributed by atoms with Crippen molar-refractivity contribution in [1.82, 2.24) is 0 Å². The smallest absolute Gasteiger partial charge is 0.189 e. The van der Waals surface area contributed by atoms with E-state index in [0.29, 0.717) is 23.7 Å². The molecule has 0 radical (unpaired) electrons. The number of carbonyl (C=O) groups excluding carboxylic acids is 1. The third-order valence-electron chi connectivity index (χ3n) is 1.93. The second kappa shape index (κ2) is 5.20. The number of para-hydroxylation sites is 1. The van der Waals surface area contributed by atoms with Gasteiger partial charge in [0, 0.05) is 0 Å². The Morgan fingerprint density at radius 1 is 1.53 bits per heavy atom. The van der Waals surface area contributed by atoms with Crippen molar-refractivity contribution in [3.63, 3.8) is 0 Å². The van der Waals surface area contributed by atoms with E-state index in [1.54, 1.807) is 18.2 Å². The summed E-state index contributed by atoms with van der Waals surface area (Å²) >= 11 is 0. The van der Waals surface area contributed by atoms with Gasteiger partial charge in [-0.15, -0.1) is 0 Å². The monoisotopic (exact) mass is 206 g/mol. The van der Waals surface area contributed by atoms with Crippen LogP contribution in [-0.4, -0.2) is 19.5 Å². The van der Waals surface area contributed by atoms with E-state index >= 15 is 0 Å². The van der Waals surface area contributed by atoms with Crippen LogP contribution in [0.2, 0.25) is 0 Å². The second-order valence-electron chi connectivity index (χ2n) is 2.84. The van der Waals surface area contributed by atoms with E-state index in [1.165, 1.54) is 13.2 Å². The van der Waals surface area contributed by atoms with E-state index < -0.39 is 0 Å². The van der Waals surface area contributed by atoms with Crippen LogP contribution in [0.3, 0.4) is 0 Å². The number of hydrogen-bond acceptors (Lipinski definition) is 3. The van der Waals surface area contributed by atoms with Gasteiger partial charge >= 0.3 is 0 Å². The predicted octanol–water partition coefficient (Wildman–Crippen LogP) is 2.46. The van der Waals surface area contributed by atoms with Gasteiger partial charge < -0.3 is 9.47 Å². The van der Waals surface area contributed by atoms with Crippen LogP contribution in [-0.2, 0) is 0 Å². The Morgan fingerprint density at radius 3 is 2.80 bits per heavy atom. The molecule has 1 rings (SSSR count). The first kappa shape index (κ1) is 11.3. The van der Waals surface area contributed by atoms with Crippen LogP contribution in [0.15, 0.2) is 30.9 Å². The van der Waals surface area contributed by atoms with Crippen molar-refractivity contribution in [1.29, 1.82) is 0 Å². The number of methoxy groups -OCH3 is 1. The van der Waals surface area contributed by atoms with E-state index in [9.17, 15) is 4.79 Å². The molecule has 0 fully saturated rings. The number of hydrogen-bond donors (Lipinski definition) is 0. The molecule has 0 bridgehead atoms. The molecule has 0 heterocycles. The summed E-state index contributed by atoms with van der Waals surface area (Å²) in [6, 6.07) is 5.21. The van der Waals surface area contributed by atoms with Gasteiger partial charge in [0.05, 0.1) is 19.3 Å². The highest BCUT2D eigenvalue weighted by molar-refractivity contribution is 6.06. The molecule has 0 N–H and O–H groups in total. The highest BCUT2D eigenvalue weighted by Gasteiger charge is 2.13. The van der Waals surface area contributed by atoms with Crippen molar-refractivity contribution in [3.05, 3.63) is 36.4 Å². The molecule has 0 amide bonds. The Hall–Kier alpha value is -1.77. The van der Waals surface area contributed by atoms with E-state index in [1.807, 2.05) is 6.92 Å². The second-order valence-corrected chi connectivity index (χ2v) is 2.84. The molecule has 15 heavy (non-hydrogen) atoms. The van der Waals surface area contributed by atoms with Gasteiger partial charge in [-0.2, -0.15) is 0 Å². The van der Waals surface area contributed by atoms with Crippen LogP contribution < -0.4 is 9.47 Å². The molecule has 3 nitrogen and oxygen atoms in total. The molecule has 0 saturated heterocycles. The van der Waals surface area contributed by atoms with Crippen LogP contribution in [0.4, 0.5) is 0 Å². The highest BCUT2D eigenvalue weighted by atomic mass is 16.5. The number of allylic oxidation sites excluding steroid dienone is 1. The fraction of sp³-hybridized carbons (Fsp3) is 0.250. The SMILES string of the molecule is C=CC(=O)c1cccc(OCC)c1OC. The summed E-state index contributed by atoms with van der Waals surface area (Å²) in [5.74, 6) is 0.866. The topological polar surface area (TPSA) is 35.5 Å². The van der Waals surface area contributed by atoms with Crippen molar-refractivity contribution >= 4 is 5.78 Å². The zero-order chi connectivity index (χ0) is 11.3. The summed E-state index contributed by atoms with van der Waals surface area (Å²) in [5, 5.41) is 0. The summed E-state index contributed by atoms with van der Waals surface area (Å²) in [7, 11) is 1.51. The van der Waals surface area contributed by atoms with Crippen molar-refractivity contribution in [3.8, 4) is 11.5 Å². The summed E-state index contributed by atoms with van der Waals surface area (Å²) in [6.07, 6.45) is 1.26. The zero-order valence-corrected chi connectivity index (χ0v) is 8.95. The lowest BCUT2D eigenvalue weighted by atomic mass is 10.1. The van der Waals surface area contributed by atoms with Gasteiger partial charge in [0.1, 0.15) is 0 Å². The zero-order valence-electron chi connectivity index (χ0n) is 8.95. The maximum Gasteiger partial charge on any atom is 0.189 e. The molecule has 0 aliphatic carbocycles. The standard InChI is InChI=1S/C12H14O3/c1-4-10(13)9-7-6-8-11(15-5-2)12(9)14-3/h4,6-8H,1,5H2,2-3H3. The Labute approximate surface area is 89.3 Å². The summed E-state index contributed by atoms with van der Waals surface area (Å²) < 4.78 is 10.5. The molecular formula is C12H14O3. The van der Waals surface area contributed by atoms with Crippen LogP contribution in [0.5, 0.6) is 11.5 Å². The normalized spacial score (nSPS) is 9.47. The third kappa shape index (κ3) is 2.37. The van der Waals surface area contributed by atoms with Gasteiger partial charge in [-0.1, -0.05) is 12.6 Å². The minimum atomic E-state index is -0.173. The van der Waals surface area contributed by atoms with Gasteiger partial charge in [-0.3, -0.25) is 4.79 Å². The van der Waals surface area contributed by atoms with E-state index in [4.69, 9.17) is 9.47 Å². The minimum Gasteiger partial charge on any atom is -0.492 e. The van der Waals surface area contributed by atoms with Crippen molar-refractivity contribution in [2.75, 3.05) is 13.7 Å². The molecule has 0 aliphatic heterocycles. The number of rotatable bonds is 5. The number of ketones is 1. The molecule has 3 heteroatoms. The average Bonchev–Trinajstić information content (AvgIpc) is 2.28. The first-order valence-corrected chi connectivity index (χ1v) is 4.71. The third-order valence-corrected chi connectivity index (χ3v) is 1.93. The Morgan fingerprint density at radius 2 is 2.27 bits per heavy atom. The average molecular weight is 206 g/mol. The lowest BCUT2D eigenvalue weighted by Crippen LogP contribution is -2.02. The lowest BCUT2D eigenvalue weighted by molar-refractivity contribution is 0.104. The first-order chi connectivity index (χ1) is 7.24. The van der Waals surface area contributed by atoms with Gasteiger partial charge in [-0.05, 0) is 25.1 Å².